The monoisotopic (exact) mass is 289 g/mol. The van der Waals surface area contributed by atoms with E-state index in [1.807, 2.05) is 36.4 Å². The van der Waals surface area contributed by atoms with Gasteiger partial charge in [0.1, 0.15) is 5.75 Å². The van der Waals surface area contributed by atoms with Crippen molar-refractivity contribution < 1.29 is 10.0 Å². The molecule has 0 fully saturated rings. The van der Waals surface area contributed by atoms with Gasteiger partial charge in [0.25, 0.3) is 5.69 Å². The van der Waals surface area contributed by atoms with E-state index >= 15 is 0 Å². The molecule has 0 saturated heterocycles. The number of phenols is 1. The Morgan fingerprint density at radius 1 is 0.773 bits per heavy atom. The third kappa shape index (κ3) is 1.64. The van der Waals surface area contributed by atoms with Gasteiger partial charge in [-0.3, -0.25) is 10.1 Å². The zero-order valence-corrected chi connectivity index (χ0v) is 11.5. The Bertz CT molecular complexity index is 1070. The molecule has 0 aliphatic rings. The van der Waals surface area contributed by atoms with E-state index in [2.05, 4.69) is 0 Å². The van der Waals surface area contributed by atoms with Gasteiger partial charge in [0.05, 0.1) is 15.7 Å². The molecule has 0 aliphatic carbocycles. The summed E-state index contributed by atoms with van der Waals surface area (Å²) in [5.41, 5.74) is 0.0363. The fourth-order valence-corrected chi connectivity index (χ4v) is 3.05. The Kier molecular flexibility index (Phi) is 2.53. The van der Waals surface area contributed by atoms with Gasteiger partial charge in [-0.15, -0.1) is 0 Å². The molecule has 0 saturated carbocycles. The second-order valence-electron chi connectivity index (χ2n) is 5.24. The molecule has 0 spiro atoms. The summed E-state index contributed by atoms with van der Waals surface area (Å²) in [7, 11) is 0. The number of aromatic hydroxyl groups is 1. The predicted molar refractivity (Wildman–Crippen MR) is 87.3 cm³/mol. The first kappa shape index (κ1) is 12.6. The van der Waals surface area contributed by atoms with Crippen LogP contribution in [0.15, 0.2) is 60.7 Å². The van der Waals surface area contributed by atoms with E-state index in [1.165, 1.54) is 0 Å². The van der Waals surface area contributed by atoms with Gasteiger partial charge >= 0.3 is 0 Å². The summed E-state index contributed by atoms with van der Waals surface area (Å²) in [6.45, 7) is 0. The fourth-order valence-electron chi connectivity index (χ4n) is 3.05. The Hall–Kier alpha value is -3.14. The van der Waals surface area contributed by atoms with Crippen molar-refractivity contribution in [1.82, 2.24) is 0 Å². The largest absolute Gasteiger partial charge is 0.507 e. The van der Waals surface area contributed by atoms with Crippen LogP contribution in [0.2, 0.25) is 0 Å². The molecule has 0 atom stereocenters. The number of hydrogen-bond acceptors (Lipinski definition) is 3. The first-order chi connectivity index (χ1) is 10.7. The predicted octanol–water partition coefficient (Wildman–Crippen LogP) is 4.76. The van der Waals surface area contributed by atoms with Crippen molar-refractivity contribution in [2.75, 3.05) is 0 Å². The van der Waals surface area contributed by atoms with Gasteiger partial charge in [-0.2, -0.15) is 0 Å². The van der Waals surface area contributed by atoms with Crippen molar-refractivity contribution in [3.05, 3.63) is 70.8 Å². The SMILES string of the molecule is O=[N+]([O-])c1c2cccc(O)c2cc2c1ccc1ccccc12. The molecule has 22 heavy (non-hydrogen) atoms. The quantitative estimate of drug-likeness (QED) is 0.238. The summed E-state index contributed by atoms with van der Waals surface area (Å²) in [6.07, 6.45) is 0. The van der Waals surface area contributed by atoms with Crippen molar-refractivity contribution in [2.24, 2.45) is 0 Å². The van der Waals surface area contributed by atoms with Gasteiger partial charge < -0.3 is 5.11 Å². The lowest BCUT2D eigenvalue weighted by atomic mass is 9.96. The molecule has 0 aromatic heterocycles. The van der Waals surface area contributed by atoms with Crippen LogP contribution in [0.3, 0.4) is 0 Å². The molecular weight excluding hydrogens is 278 g/mol. The van der Waals surface area contributed by atoms with Gasteiger partial charge in [-0.1, -0.05) is 36.4 Å². The van der Waals surface area contributed by atoms with E-state index in [9.17, 15) is 15.2 Å². The maximum Gasteiger partial charge on any atom is 0.285 e. The summed E-state index contributed by atoms with van der Waals surface area (Å²) in [6, 6.07) is 18.1. The molecular formula is C18H11NO3. The molecule has 0 bridgehead atoms. The molecule has 4 nitrogen and oxygen atoms in total. The minimum atomic E-state index is -0.376. The number of hydrogen-bond donors (Lipinski definition) is 1. The third-order valence-electron chi connectivity index (χ3n) is 4.04. The molecule has 0 aliphatic heterocycles. The Labute approximate surface area is 125 Å². The minimum absolute atomic E-state index is 0.0363. The van der Waals surface area contributed by atoms with Gasteiger partial charge in [0.15, 0.2) is 0 Å². The summed E-state index contributed by atoms with van der Waals surface area (Å²) in [4.78, 5) is 11.2. The zero-order valence-electron chi connectivity index (χ0n) is 11.5. The molecule has 0 unspecified atom stereocenters. The van der Waals surface area contributed by atoms with Crippen LogP contribution in [-0.4, -0.2) is 10.0 Å². The van der Waals surface area contributed by atoms with Gasteiger partial charge in [0.2, 0.25) is 0 Å². The van der Waals surface area contributed by atoms with Crippen LogP contribution in [-0.2, 0) is 0 Å². The highest BCUT2D eigenvalue weighted by atomic mass is 16.6. The number of phenolic OH excluding ortho intramolecular Hbond substituents is 1. The van der Waals surface area contributed by atoms with Crippen LogP contribution in [0.5, 0.6) is 5.75 Å². The second kappa shape index (κ2) is 4.43. The first-order valence-electron chi connectivity index (χ1n) is 6.87. The highest BCUT2D eigenvalue weighted by Crippen LogP contribution is 2.40. The number of rotatable bonds is 1. The number of nitro groups is 1. The molecule has 4 aromatic rings. The highest BCUT2D eigenvalue weighted by Gasteiger charge is 2.19. The van der Waals surface area contributed by atoms with Gasteiger partial charge in [-0.05, 0) is 40.4 Å². The third-order valence-corrected chi connectivity index (χ3v) is 4.04. The normalized spacial score (nSPS) is 11.3. The van der Waals surface area contributed by atoms with Gasteiger partial charge in [-0.25, -0.2) is 0 Å². The highest BCUT2D eigenvalue weighted by molar-refractivity contribution is 6.18. The van der Waals surface area contributed by atoms with Crippen LogP contribution >= 0.6 is 0 Å². The summed E-state index contributed by atoms with van der Waals surface area (Å²) in [5.74, 6) is 0.0513. The van der Waals surface area contributed by atoms with Crippen LogP contribution in [0.4, 0.5) is 5.69 Å². The van der Waals surface area contributed by atoms with E-state index < -0.39 is 0 Å². The average Bonchev–Trinajstić information content (AvgIpc) is 2.53. The van der Waals surface area contributed by atoms with E-state index in [4.69, 9.17) is 0 Å². The van der Waals surface area contributed by atoms with Crippen molar-refractivity contribution in [2.45, 2.75) is 0 Å². The second-order valence-corrected chi connectivity index (χ2v) is 5.24. The smallest absolute Gasteiger partial charge is 0.285 e. The fraction of sp³-hybridized carbons (Fsp3) is 0. The van der Waals surface area contributed by atoms with Crippen molar-refractivity contribution >= 4 is 38.0 Å². The summed E-state index contributed by atoms with van der Waals surface area (Å²) in [5, 5.41) is 25.9. The molecule has 0 amide bonds. The van der Waals surface area contributed by atoms with Crippen LogP contribution in [0.1, 0.15) is 0 Å². The molecule has 4 heteroatoms. The lowest BCUT2D eigenvalue weighted by molar-refractivity contribution is -0.381. The van der Waals surface area contributed by atoms with Crippen molar-refractivity contribution in [1.29, 1.82) is 0 Å². The molecule has 1 N–H and O–H groups in total. The number of nitro benzene ring substituents is 1. The maximum absolute atomic E-state index is 11.6. The Morgan fingerprint density at radius 3 is 2.32 bits per heavy atom. The average molecular weight is 289 g/mol. The Morgan fingerprint density at radius 2 is 1.50 bits per heavy atom. The summed E-state index contributed by atoms with van der Waals surface area (Å²) >= 11 is 0. The number of nitrogens with zero attached hydrogens (tertiary/aromatic N) is 1. The topological polar surface area (TPSA) is 63.4 Å². The molecule has 0 radical (unpaired) electrons. The molecule has 0 heterocycles. The number of benzene rings is 4. The van der Waals surface area contributed by atoms with Crippen LogP contribution in [0, 0.1) is 10.1 Å². The van der Waals surface area contributed by atoms with E-state index in [0.29, 0.717) is 16.2 Å². The maximum atomic E-state index is 11.6. The zero-order chi connectivity index (χ0) is 15.3. The van der Waals surface area contributed by atoms with Crippen molar-refractivity contribution in [3.8, 4) is 5.75 Å². The lowest BCUT2D eigenvalue weighted by Crippen LogP contribution is -1.92. The number of fused-ring (bicyclic) bond motifs is 4. The van der Waals surface area contributed by atoms with E-state index in [-0.39, 0.29) is 16.4 Å². The molecule has 106 valence electrons. The van der Waals surface area contributed by atoms with Crippen LogP contribution in [0.25, 0.3) is 32.3 Å². The Balaban J connectivity index is 2.35. The summed E-state index contributed by atoms with van der Waals surface area (Å²) < 4.78 is 0. The first-order valence-corrected chi connectivity index (χ1v) is 6.87. The molecule has 4 aromatic carbocycles. The van der Waals surface area contributed by atoms with Crippen LogP contribution < -0.4 is 0 Å². The van der Waals surface area contributed by atoms with Crippen molar-refractivity contribution in [3.63, 3.8) is 0 Å². The standard InChI is InChI=1S/C18H11NO3/c20-17-7-3-6-13-16(17)10-15-12-5-2-1-4-11(12)8-9-14(15)18(13)19(21)22/h1-10,20H. The van der Waals surface area contributed by atoms with E-state index in [0.717, 1.165) is 16.2 Å². The minimum Gasteiger partial charge on any atom is -0.507 e. The van der Waals surface area contributed by atoms with Gasteiger partial charge in [0, 0.05) is 5.39 Å². The lowest BCUT2D eigenvalue weighted by Gasteiger charge is -2.08. The van der Waals surface area contributed by atoms with E-state index in [1.54, 1.807) is 24.3 Å². The molecule has 4 rings (SSSR count). The number of non-ortho nitro benzene ring substituents is 1.